The quantitative estimate of drug-likeness (QED) is 0.680. The number of methoxy groups -OCH3 is 1. The molecular formula is C21H26N3O2S+. The molecule has 0 spiro atoms. The minimum Gasteiger partial charge on any atom is -0.497 e. The molecule has 0 aliphatic carbocycles. The largest absolute Gasteiger partial charge is 0.497 e. The molecule has 3 rings (SSSR count). The van der Waals surface area contributed by atoms with Gasteiger partial charge in [0.25, 0.3) is 0 Å². The van der Waals surface area contributed by atoms with Crippen molar-refractivity contribution in [2.45, 2.75) is 13.3 Å². The Morgan fingerprint density at radius 1 is 1.19 bits per heavy atom. The fourth-order valence-electron chi connectivity index (χ4n) is 2.81. The molecule has 0 saturated carbocycles. The minimum absolute atomic E-state index is 0.0668. The second kappa shape index (κ2) is 8.50. The first-order chi connectivity index (χ1) is 13.0. The maximum absolute atomic E-state index is 13.1. The summed E-state index contributed by atoms with van der Waals surface area (Å²) in [5, 5.41) is 0.773. The van der Waals surface area contributed by atoms with Crippen LogP contribution in [0.15, 0.2) is 42.5 Å². The molecule has 3 aromatic rings. The summed E-state index contributed by atoms with van der Waals surface area (Å²) in [7, 11) is 5.82. The molecule has 1 aromatic heterocycles. The van der Waals surface area contributed by atoms with E-state index in [4.69, 9.17) is 9.72 Å². The zero-order chi connectivity index (χ0) is 19.4. The third-order valence-electron chi connectivity index (χ3n) is 4.41. The molecule has 0 unspecified atom stereocenters. The average Bonchev–Trinajstić information content (AvgIpc) is 3.05. The molecule has 1 heterocycles. The van der Waals surface area contributed by atoms with Gasteiger partial charge < -0.3 is 9.64 Å². The fraction of sp³-hybridized carbons (Fsp3) is 0.333. The van der Waals surface area contributed by atoms with Crippen LogP contribution in [-0.4, -0.2) is 45.2 Å². The van der Waals surface area contributed by atoms with E-state index in [0.717, 1.165) is 33.2 Å². The van der Waals surface area contributed by atoms with Gasteiger partial charge in [0.2, 0.25) is 5.91 Å². The molecule has 27 heavy (non-hydrogen) atoms. The number of thiazole rings is 1. The molecule has 6 heteroatoms. The van der Waals surface area contributed by atoms with E-state index in [-0.39, 0.29) is 5.91 Å². The Morgan fingerprint density at radius 3 is 2.59 bits per heavy atom. The number of anilines is 1. The number of benzene rings is 2. The van der Waals surface area contributed by atoms with Crippen molar-refractivity contribution in [1.29, 1.82) is 0 Å². The van der Waals surface area contributed by atoms with Crippen molar-refractivity contribution in [3.05, 3.63) is 53.6 Å². The lowest BCUT2D eigenvalue weighted by molar-refractivity contribution is -0.856. The Kier molecular flexibility index (Phi) is 6.08. The number of hydrogen-bond donors (Lipinski definition) is 1. The molecule has 5 nitrogen and oxygen atoms in total. The second-order valence-electron chi connectivity index (χ2n) is 6.99. The molecular weight excluding hydrogens is 358 g/mol. The van der Waals surface area contributed by atoms with Crippen LogP contribution in [0.3, 0.4) is 0 Å². The van der Waals surface area contributed by atoms with E-state index in [1.807, 2.05) is 35.2 Å². The van der Waals surface area contributed by atoms with Crippen LogP contribution in [-0.2, 0) is 11.2 Å². The van der Waals surface area contributed by atoms with Gasteiger partial charge in [-0.15, -0.1) is 0 Å². The number of aryl methyl sites for hydroxylation is 1. The number of ether oxygens (including phenoxy) is 1. The molecule has 142 valence electrons. The van der Waals surface area contributed by atoms with Gasteiger partial charge in [0, 0.05) is 0 Å². The highest BCUT2D eigenvalue weighted by Gasteiger charge is 2.21. The first-order valence-electron chi connectivity index (χ1n) is 9.06. The smallest absolute Gasteiger partial charge is 0.233 e. The zero-order valence-electron chi connectivity index (χ0n) is 16.3. The summed E-state index contributed by atoms with van der Waals surface area (Å²) in [5.41, 5.74) is 3.12. The molecule has 0 saturated heterocycles. The monoisotopic (exact) mass is 384 g/mol. The van der Waals surface area contributed by atoms with E-state index in [1.165, 1.54) is 10.5 Å². The van der Waals surface area contributed by atoms with E-state index >= 15 is 0 Å². The Morgan fingerprint density at radius 2 is 1.93 bits per heavy atom. The normalized spacial score (nSPS) is 11.1. The van der Waals surface area contributed by atoms with Gasteiger partial charge in [-0.25, -0.2) is 4.98 Å². The van der Waals surface area contributed by atoms with Crippen LogP contribution in [0.25, 0.3) is 10.2 Å². The zero-order valence-corrected chi connectivity index (χ0v) is 17.1. The van der Waals surface area contributed by atoms with Crippen molar-refractivity contribution in [1.82, 2.24) is 4.98 Å². The molecule has 2 aromatic carbocycles. The number of carbonyl (C=O) groups excluding carboxylic acids is 1. The van der Waals surface area contributed by atoms with Gasteiger partial charge in [-0.1, -0.05) is 29.5 Å². The predicted octanol–water partition coefficient (Wildman–Crippen LogP) is 2.33. The highest BCUT2D eigenvalue weighted by molar-refractivity contribution is 7.22. The lowest BCUT2D eigenvalue weighted by Crippen LogP contribution is -3.06. The van der Waals surface area contributed by atoms with Crippen LogP contribution in [0.5, 0.6) is 5.75 Å². The van der Waals surface area contributed by atoms with Gasteiger partial charge in [0.05, 0.1) is 50.9 Å². The maximum atomic E-state index is 13.1. The highest BCUT2D eigenvalue weighted by atomic mass is 32.1. The lowest BCUT2D eigenvalue weighted by atomic mass is 10.1. The number of likely N-dealkylation sites (N-methyl/N-ethyl adjacent to an activating group) is 1. The molecule has 0 radical (unpaired) electrons. The van der Waals surface area contributed by atoms with Crippen LogP contribution in [0, 0.1) is 6.92 Å². The van der Waals surface area contributed by atoms with Crippen molar-refractivity contribution >= 4 is 32.6 Å². The summed E-state index contributed by atoms with van der Waals surface area (Å²) in [6, 6.07) is 13.9. The molecule has 0 aliphatic rings. The average molecular weight is 385 g/mol. The number of aromatic nitrogens is 1. The van der Waals surface area contributed by atoms with Crippen molar-refractivity contribution < 1.29 is 14.4 Å². The number of carbonyl (C=O) groups is 1. The number of fused-ring (bicyclic) bond motifs is 1. The third kappa shape index (κ3) is 4.84. The number of hydrogen-bond acceptors (Lipinski definition) is 4. The van der Waals surface area contributed by atoms with E-state index in [9.17, 15) is 4.79 Å². The molecule has 0 bridgehead atoms. The van der Waals surface area contributed by atoms with Crippen molar-refractivity contribution in [2.24, 2.45) is 0 Å². The standard InChI is InChI=1S/C21H25N3O2S/c1-15-5-10-18-19(13-15)27-21(22-18)24(12-11-23(2)3)20(25)14-16-6-8-17(26-4)9-7-16/h5-10,13H,11-12,14H2,1-4H3/p+1. The van der Waals surface area contributed by atoms with Crippen molar-refractivity contribution in [3.8, 4) is 5.75 Å². The minimum atomic E-state index is 0.0668. The molecule has 1 amide bonds. The van der Waals surface area contributed by atoms with Crippen LogP contribution >= 0.6 is 11.3 Å². The number of nitrogens with one attached hydrogen (secondary N) is 1. The van der Waals surface area contributed by atoms with Gasteiger partial charge >= 0.3 is 0 Å². The van der Waals surface area contributed by atoms with Gasteiger partial charge in [0.1, 0.15) is 5.75 Å². The SMILES string of the molecule is COc1ccc(CC(=O)N(CC[NH+](C)C)c2nc3ccc(C)cc3s2)cc1. The van der Waals surface area contributed by atoms with E-state index in [0.29, 0.717) is 13.0 Å². The number of rotatable bonds is 7. The fourth-order valence-corrected chi connectivity index (χ4v) is 3.92. The summed E-state index contributed by atoms with van der Waals surface area (Å²) in [6.45, 7) is 3.58. The number of amides is 1. The topological polar surface area (TPSA) is 46.9 Å². The molecule has 0 aliphatic heterocycles. The van der Waals surface area contributed by atoms with Crippen LogP contribution in [0.4, 0.5) is 5.13 Å². The van der Waals surface area contributed by atoms with Gasteiger partial charge in [-0.3, -0.25) is 9.69 Å². The summed E-state index contributed by atoms with van der Waals surface area (Å²) in [5.74, 6) is 0.859. The lowest BCUT2D eigenvalue weighted by Gasteiger charge is -2.20. The van der Waals surface area contributed by atoms with Gasteiger partial charge in [-0.05, 0) is 42.3 Å². The summed E-state index contributed by atoms with van der Waals surface area (Å²) >= 11 is 1.58. The molecule has 0 atom stereocenters. The maximum Gasteiger partial charge on any atom is 0.233 e. The van der Waals surface area contributed by atoms with Gasteiger partial charge in [-0.2, -0.15) is 0 Å². The Labute approximate surface area is 164 Å². The van der Waals surface area contributed by atoms with Crippen LogP contribution < -0.4 is 14.5 Å². The highest BCUT2D eigenvalue weighted by Crippen LogP contribution is 2.29. The number of nitrogens with zero attached hydrogens (tertiary/aromatic N) is 2. The second-order valence-corrected chi connectivity index (χ2v) is 8.00. The summed E-state index contributed by atoms with van der Waals surface area (Å²) < 4.78 is 6.31. The molecule has 0 fully saturated rings. The Bertz CT molecular complexity index is 919. The first kappa shape index (κ1) is 19.3. The predicted molar refractivity (Wildman–Crippen MR) is 111 cm³/mol. The molecule has 1 N–H and O–H groups in total. The van der Waals surface area contributed by atoms with Crippen molar-refractivity contribution in [3.63, 3.8) is 0 Å². The van der Waals surface area contributed by atoms with Gasteiger partial charge in [0.15, 0.2) is 5.13 Å². The number of quaternary nitrogens is 1. The van der Waals surface area contributed by atoms with Crippen LogP contribution in [0.1, 0.15) is 11.1 Å². The first-order valence-corrected chi connectivity index (χ1v) is 9.87. The summed E-state index contributed by atoms with van der Waals surface area (Å²) in [6.07, 6.45) is 0.349. The van der Waals surface area contributed by atoms with E-state index < -0.39 is 0 Å². The summed E-state index contributed by atoms with van der Waals surface area (Å²) in [4.78, 5) is 20.9. The van der Waals surface area contributed by atoms with E-state index in [2.05, 4.69) is 33.2 Å². The van der Waals surface area contributed by atoms with Crippen LogP contribution in [0.2, 0.25) is 0 Å². The van der Waals surface area contributed by atoms with Crippen molar-refractivity contribution in [2.75, 3.05) is 39.2 Å². The Hall–Kier alpha value is -2.44. The van der Waals surface area contributed by atoms with E-state index in [1.54, 1.807) is 18.4 Å². The Balaban J connectivity index is 1.85. The third-order valence-corrected chi connectivity index (χ3v) is 5.46.